The quantitative estimate of drug-likeness (QED) is 0.685. The molecule has 0 spiro atoms. The van der Waals surface area contributed by atoms with Crippen molar-refractivity contribution < 1.29 is 18.3 Å². The lowest BCUT2D eigenvalue weighted by Crippen LogP contribution is -2.34. The van der Waals surface area contributed by atoms with Crippen LogP contribution < -0.4 is 10.1 Å². The highest BCUT2D eigenvalue weighted by atomic mass is 19.2. The van der Waals surface area contributed by atoms with Crippen LogP contribution in [0.2, 0.25) is 0 Å². The Hall–Kier alpha value is -3.28. The Morgan fingerprint density at radius 3 is 2.54 bits per heavy atom. The van der Waals surface area contributed by atoms with Gasteiger partial charge in [-0.1, -0.05) is 36.4 Å². The van der Waals surface area contributed by atoms with E-state index in [9.17, 15) is 13.6 Å². The largest absolute Gasteiger partial charge is 0.439 e. The molecule has 1 heterocycles. The molecule has 4 rings (SSSR count). The van der Waals surface area contributed by atoms with E-state index in [1.54, 1.807) is 12.1 Å². The molecule has 0 unspecified atom stereocenters. The van der Waals surface area contributed by atoms with Crippen molar-refractivity contribution in [1.29, 1.82) is 0 Å². The first-order chi connectivity index (χ1) is 13.6. The molecule has 6 heteroatoms. The first-order valence-corrected chi connectivity index (χ1v) is 8.99. The van der Waals surface area contributed by atoms with Crippen LogP contribution in [-0.4, -0.2) is 10.9 Å². The van der Waals surface area contributed by atoms with Gasteiger partial charge in [-0.2, -0.15) is 0 Å². The third-order valence-corrected chi connectivity index (χ3v) is 4.91. The summed E-state index contributed by atoms with van der Waals surface area (Å²) in [6, 6.07) is 16.5. The molecule has 1 saturated carbocycles. The summed E-state index contributed by atoms with van der Waals surface area (Å²) in [7, 11) is 0. The smallest absolute Gasteiger partial charge is 0.230 e. The number of nitrogens with one attached hydrogen (secondary N) is 1. The minimum absolute atomic E-state index is 0.0404. The number of hydrogen-bond acceptors (Lipinski definition) is 3. The number of carbonyl (C=O) groups is 1. The van der Waals surface area contributed by atoms with Crippen molar-refractivity contribution in [2.75, 3.05) is 0 Å². The molecule has 1 aromatic heterocycles. The Balaban J connectivity index is 1.47. The molecule has 0 bridgehead atoms. The topological polar surface area (TPSA) is 51.2 Å². The lowest BCUT2D eigenvalue weighted by Gasteiger charge is -2.16. The first kappa shape index (κ1) is 18.1. The fraction of sp³-hybridized carbons (Fsp3) is 0.182. The molecule has 0 saturated heterocycles. The molecule has 1 fully saturated rings. The van der Waals surface area contributed by atoms with Crippen LogP contribution in [0.5, 0.6) is 11.6 Å². The van der Waals surface area contributed by atoms with Gasteiger partial charge in [-0.25, -0.2) is 13.8 Å². The molecule has 1 aliphatic carbocycles. The third kappa shape index (κ3) is 3.58. The minimum Gasteiger partial charge on any atom is -0.439 e. The zero-order valence-electron chi connectivity index (χ0n) is 15.0. The standard InChI is InChI=1S/C22H18F2N2O2/c23-18-9-8-17(13-19(18)24)28-20-15(5-4-12-25-20)14-26-21(27)22(10-11-22)16-6-2-1-3-7-16/h1-9,12-13H,10-11,14H2,(H,26,27). The number of amides is 1. The Morgan fingerprint density at radius 2 is 1.82 bits per heavy atom. The van der Waals surface area contributed by atoms with Crippen molar-refractivity contribution in [3.8, 4) is 11.6 Å². The van der Waals surface area contributed by atoms with E-state index in [0.29, 0.717) is 5.56 Å². The predicted octanol–water partition coefficient (Wildman–Crippen LogP) is 4.50. The maximum absolute atomic E-state index is 13.4. The van der Waals surface area contributed by atoms with Crippen LogP contribution in [0.15, 0.2) is 66.9 Å². The number of hydrogen-bond donors (Lipinski definition) is 1. The highest BCUT2D eigenvalue weighted by Crippen LogP contribution is 2.48. The Labute approximate surface area is 161 Å². The van der Waals surface area contributed by atoms with E-state index in [2.05, 4.69) is 10.3 Å². The summed E-state index contributed by atoms with van der Waals surface area (Å²) in [6.07, 6.45) is 3.16. The maximum Gasteiger partial charge on any atom is 0.230 e. The second-order valence-electron chi connectivity index (χ2n) is 6.78. The normalized spacial score (nSPS) is 14.4. The van der Waals surface area contributed by atoms with Gasteiger partial charge in [0.15, 0.2) is 11.6 Å². The molecule has 1 amide bonds. The van der Waals surface area contributed by atoms with Gasteiger partial charge in [0.05, 0.1) is 5.41 Å². The fourth-order valence-electron chi connectivity index (χ4n) is 3.18. The third-order valence-electron chi connectivity index (χ3n) is 4.91. The van der Waals surface area contributed by atoms with Crippen LogP contribution in [0.4, 0.5) is 8.78 Å². The van der Waals surface area contributed by atoms with E-state index >= 15 is 0 Å². The number of aromatic nitrogens is 1. The lowest BCUT2D eigenvalue weighted by atomic mass is 9.95. The summed E-state index contributed by atoms with van der Waals surface area (Å²) in [5.41, 5.74) is 1.19. The van der Waals surface area contributed by atoms with Crippen molar-refractivity contribution in [3.63, 3.8) is 0 Å². The molecule has 1 aliphatic rings. The van der Waals surface area contributed by atoms with Gasteiger partial charge in [0.25, 0.3) is 0 Å². The van der Waals surface area contributed by atoms with Gasteiger partial charge in [0, 0.05) is 24.4 Å². The van der Waals surface area contributed by atoms with Crippen molar-refractivity contribution >= 4 is 5.91 Å². The molecular weight excluding hydrogens is 362 g/mol. The highest BCUT2D eigenvalue weighted by Gasteiger charge is 2.50. The maximum atomic E-state index is 13.4. The van der Waals surface area contributed by atoms with E-state index in [1.165, 1.54) is 12.3 Å². The number of nitrogens with zero attached hydrogens (tertiary/aromatic N) is 1. The first-order valence-electron chi connectivity index (χ1n) is 8.99. The number of ether oxygens (including phenoxy) is 1. The molecule has 2 aromatic carbocycles. The number of benzene rings is 2. The van der Waals surface area contributed by atoms with Gasteiger partial charge in [-0.15, -0.1) is 0 Å². The molecule has 142 valence electrons. The molecule has 3 aromatic rings. The van der Waals surface area contributed by atoms with E-state index in [0.717, 1.165) is 30.5 Å². The SMILES string of the molecule is O=C(NCc1cccnc1Oc1ccc(F)c(F)c1)C1(c2ccccc2)CC1. The van der Waals surface area contributed by atoms with E-state index in [-0.39, 0.29) is 24.1 Å². The van der Waals surface area contributed by atoms with Gasteiger partial charge in [-0.3, -0.25) is 4.79 Å². The fourth-order valence-corrected chi connectivity index (χ4v) is 3.18. The summed E-state index contributed by atoms with van der Waals surface area (Å²) in [4.78, 5) is 16.9. The van der Waals surface area contributed by atoms with Crippen LogP contribution in [-0.2, 0) is 16.8 Å². The molecular formula is C22H18F2N2O2. The molecule has 28 heavy (non-hydrogen) atoms. The van der Waals surface area contributed by atoms with Crippen molar-refractivity contribution in [3.05, 3.63) is 89.6 Å². The zero-order chi connectivity index (χ0) is 19.6. The Morgan fingerprint density at radius 1 is 1.04 bits per heavy atom. The van der Waals surface area contributed by atoms with Crippen LogP contribution in [0.25, 0.3) is 0 Å². The minimum atomic E-state index is -0.998. The predicted molar refractivity (Wildman–Crippen MR) is 99.9 cm³/mol. The van der Waals surface area contributed by atoms with Crippen LogP contribution in [0.3, 0.4) is 0 Å². The second-order valence-corrected chi connectivity index (χ2v) is 6.78. The second kappa shape index (κ2) is 7.38. The molecule has 0 aliphatic heterocycles. The van der Waals surface area contributed by atoms with Crippen LogP contribution in [0.1, 0.15) is 24.0 Å². The van der Waals surface area contributed by atoms with Crippen LogP contribution in [0, 0.1) is 11.6 Å². The summed E-state index contributed by atoms with van der Waals surface area (Å²) in [6.45, 7) is 0.222. The number of halogens is 2. The Bertz CT molecular complexity index is 1000. The van der Waals surface area contributed by atoms with E-state index < -0.39 is 17.0 Å². The average molecular weight is 380 g/mol. The van der Waals surface area contributed by atoms with E-state index in [1.807, 2.05) is 30.3 Å². The van der Waals surface area contributed by atoms with Gasteiger partial charge < -0.3 is 10.1 Å². The number of rotatable bonds is 6. The molecule has 4 nitrogen and oxygen atoms in total. The van der Waals surface area contributed by atoms with Gasteiger partial charge >= 0.3 is 0 Å². The number of carbonyl (C=O) groups excluding carboxylic acids is 1. The summed E-state index contributed by atoms with van der Waals surface area (Å²) >= 11 is 0. The van der Waals surface area contributed by atoms with Gasteiger partial charge in [-0.05, 0) is 36.6 Å². The molecule has 1 N–H and O–H groups in total. The molecule has 0 radical (unpaired) electrons. The molecule has 0 atom stereocenters. The van der Waals surface area contributed by atoms with Crippen LogP contribution >= 0.6 is 0 Å². The lowest BCUT2D eigenvalue weighted by molar-refractivity contribution is -0.123. The van der Waals surface area contributed by atoms with E-state index in [4.69, 9.17) is 4.74 Å². The Kier molecular flexibility index (Phi) is 4.77. The summed E-state index contributed by atoms with van der Waals surface area (Å²) < 4.78 is 32.1. The highest BCUT2D eigenvalue weighted by molar-refractivity contribution is 5.91. The van der Waals surface area contributed by atoms with Gasteiger partial charge in [0.1, 0.15) is 5.75 Å². The average Bonchev–Trinajstić information content (AvgIpc) is 3.53. The summed E-state index contributed by atoms with van der Waals surface area (Å²) in [5.74, 6) is -1.62. The van der Waals surface area contributed by atoms with Crippen molar-refractivity contribution in [2.45, 2.75) is 24.8 Å². The van der Waals surface area contributed by atoms with Crippen molar-refractivity contribution in [2.24, 2.45) is 0 Å². The number of pyridine rings is 1. The summed E-state index contributed by atoms with van der Waals surface area (Å²) in [5, 5.41) is 2.95. The zero-order valence-corrected chi connectivity index (χ0v) is 15.0. The monoisotopic (exact) mass is 380 g/mol. The van der Waals surface area contributed by atoms with Gasteiger partial charge in [0.2, 0.25) is 11.8 Å². The van der Waals surface area contributed by atoms with Crippen molar-refractivity contribution in [1.82, 2.24) is 10.3 Å².